The van der Waals surface area contributed by atoms with Crippen molar-refractivity contribution in [2.45, 2.75) is 32.2 Å². The molecule has 24 heavy (non-hydrogen) atoms. The molecule has 122 valence electrons. The number of nitrogens with zero attached hydrogens (tertiary/aromatic N) is 3. The first-order valence-electron chi connectivity index (χ1n) is 7.86. The number of carbonyl (C=O) groups excluding carboxylic acids is 1. The highest BCUT2D eigenvalue weighted by Gasteiger charge is 2.25. The van der Waals surface area contributed by atoms with Gasteiger partial charge in [0, 0.05) is 6.20 Å². The minimum Gasteiger partial charge on any atom is -0.411 e. The van der Waals surface area contributed by atoms with Gasteiger partial charge in [0.2, 0.25) is 0 Å². The van der Waals surface area contributed by atoms with E-state index >= 15 is 0 Å². The monoisotopic (exact) mass is 340 g/mol. The van der Waals surface area contributed by atoms with Gasteiger partial charge in [0.15, 0.2) is 0 Å². The number of benzene rings is 1. The van der Waals surface area contributed by atoms with Crippen LogP contribution in [0.5, 0.6) is 0 Å². The van der Waals surface area contributed by atoms with E-state index in [1.807, 2.05) is 6.07 Å². The Bertz CT molecular complexity index is 873. The van der Waals surface area contributed by atoms with Crippen LogP contribution in [-0.2, 0) is 6.42 Å². The molecule has 0 saturated carbocycles. The van der Waals surface area contributed by atoms with Crippen molar-refractivity contribution in [1.29, 1.82) is 0 Å². The number of hydrogen-bond donors (Lipinski definition) is 1. The predicted molar refractivity (Wildman–Crippen MR) is 89.7 cm³/mol. The van der Waals surface area contributed by atoms with Crippen LogP contribution >= 0.6 is 11.5 Å². The maximum absolute atomic E-state index is 12.5. The third-order valence-electron chi connectivity index (χ3n) is 4.31. The van der Waals surface area contributed by atoms with E-state index < -0.39 is 0 Å². The summed E-state index contributed by atoms with van der Waals surface area (Å²) in [6.45, 7) is 2.11. The average molecular weight is 340 g/mol. The van der Waals surface area contributed by atoms with Gasteiger partial charge in [-0.15, -0.1) is 10.2 Å². The second-order valence-electron chi connectivity index (χ2n) is 5.85. The zero-order valence-electron chi connectivity index (χ0n) is 13.2. The summed E-state index contributed by atoms with van der Waals surface area (Å²) in [5.41, 5.74) is 3.80. The Morgan fingerprint density at radius 3 is 3.08 bits per heavy atom. The number of amides is 1. The van der Waals surface area contributed by atoms with Gasteiger partial charge in [-0.25, -0.2) is 4.37 Å². The number of aryl methyl sites for hydroxylation is 1. The molecule has 4 rings (SSSR count). The first-order chi connectivity index (χ1) is 11.7. The number of rotatable bonds is 3. The molecule has 1 amide bonds. The van der Waals surface area contributed by atoms with E-state index in [0.29, 0.717) is 5.89 Å². The van der Waals surface area contributed by atoms with Crippen molar-refractivity contribution in [1.82, 2.24) is 19.9 Å². The Morgan fingerprint density at radius 2 is 2.25 bits per heavy atom. The van der Waals surface area contributed by atoms with E-state index in [2.05, 4.69) is 38.9 Å². The van der Waals surface area contributed by atoms with Crippen molar-refractivity contribution in [3.63, 3.8) is 0 Å². The maximum atomic E-state index is 12.5. The van der Waals surface area contributed by atoms with Crippen molar-refractivity contribution in [3.8, 4) is 10.8 Å². The largest absolute Gasteiger partial charge is 0.411 e. The molecule has 0 fully saturated rings. The zero-order valence-corrected chi connectivity index (χ0v) is 14.0. The summed E-state index contributed by atoms with van der Waals surface area (Å²) in [7, 11) is 0. The van der Waals surface area contributed by atoms with E-state index in [-0.39, 0.29) is 17.8 Å². The van der Waals surface area contributed by atoms with Crippen molar-refractivity contribution < 1.29 is 9.21 Å². The van der Waals surface area contributed by atoms with Crippen LogP contribution in [0.2, 0.25) is 0 Å². The van der Waals surface area contributed by atoms with Crippen LogP contribution in [0.3, 0.4) is 0 Å². The van der Waals surface area contributed by atoms with Crippen LogP contribution in [0.15, 0.2) is 34.9 Å². The van der Waals surface area contributed by atoms with Gasteiger partial charge < -0.3 is 9.73 Å². The lowest BCUT2D eigenvalue weighted by Gasteiger charge is -2.27. The Hall–Kier alpha value is -2.54. The molecule has 2 aromatic heterocycles. The number of hydrogen-bond acceptors (Lipinski definition) is 6. The van der Waals surface area contributed by atoms with E-state index in [1.54, 1.807) is 12.3 Å². The Balaban J connectivity index is 1.54. The van der Waals surface area contributed by atoms with Gasteiger partial charge in [-0.2, -0.15) is 0 Å². The minimum absolute atomic E-state index is 0.0140. The Morgan fingerprint density at radius 1 is 1.33 bits per heavy atom. The van der Waals surface area contributed by atoms with Gasteiger partial charge in [-0.3, -0.25) is 4.79 Å². The SMILES string of the molecule is Cc1cccc2c1CCCC2NC(=O)c1nnc(-c2ccns2)o1. The summed E-state index contributed by atoms with van der Waals surface area (Å²) < 4.78 is 9.47. The molecule has 1 N–H and O–H groups in total. The molecule has 0 aliphatic heterocycles. The van der Waals surface area contributed by atoms with Crippen molar-refractivity contribution >= 4 is 17.4 Å². The third kappa shape index (κ3) is 2.71. The highest BCUT2D eigenvalue weighted by atomic mass is 32.1. The molecule has 1 aromatic carbocycles. The lowest BCUT2D eigenvalue weighted by atomic mass is 9.85. The number of fused-ring (bicyclic) bond motifs is 1. The van der Waals surface area contributed by atoms with Crippen LogP contribution in [0.25, 0.3) is 10.8 Å². The van der Waals surface area contributed by atoms with Gasteiger partial charge in [-0.1, -0.05) is 18.2 Å². The van der Waals surface area contributed by atoms with Crippen LogP contribution in [0.1, 0.15) is 46.3 Å². The topological polar surface area (TPSA) is 80.9 Å². The van der Waals surface area contributed by atoms with Gasteiger partial charge in [0.25, 0.3) is 5.89 Å². The minimum atomic E-state index is -0.336. The van der Waals surface area contributed by atoms with Crippen LogP contribution in [0, 0.1) is 6.92 Å². The highest BCUT2D eigenvalue weighted by Crippen LogP contribution is 2.31. The summed E-state index contributed by atoms with van der Waals surface area (Å²) in [5.74, 6) is -0.0293. The molecule has 0 bridgehead atoms. The maximum Gasteiger partial charge on any atom is 0.309 e. The molecule has 0 radical (unpaired) electrons. The molecule has 3 aromatic rings. The molecule has 1 atom stereocenters. The standard InChI is InChI=1S/C17H16N4O2S/c1-10-4-2-6-12-11(10)5-3-7-13(12)19-15(22)17-21-20-16(23-17)14-8-9-18-24-14/h2,4,6,8-9,13H,3,5,7H2,1H3,(H,19,22). The first kappa shape index (κ1) is 15.0. The average Bonchev–Trinajstić information content (AvgIpc) is 3.27. The van der Waals surface area contributed by atoms with Gasteiger partial charge in [0.05, 0.1) is 6.04 Å². The van der Waals surface area contributed by atoms with E-state index in [4.69, 9.17) is 4.42 Å². The number of nitrogens with one attached hydrogen (secondary N) is 1. The normalized spacial score (nSPS) is 16.6. The summed E-state index contributed by atoms with van der Waals surface area (Å²) in [6.07, 6.45) is 4.69. The Labute approximate surface area is 143 Å². The summed E-state index contributed by atoms with van der Waals surface area (Å²) in [6, 6.07) is 8.00. The van der Waals surface area contributed by atoms with Crippen molar-refractivity contribution in [3.05, 3.63) is 53.0 Å². The molecule has 1 aliphatic carbocycles. The number of carbonyl (C=O) groups is 1. The molecule has 7 heteroatoms. The van der Waals surface area contributed by atoms with E-state index in [1.165, 1.54) is 28.2 Å². The molecular weight excluding hydrogens is 324 g/mol. The van der Waals surface area contributed by atoms with Crippen molar-refractivity contribution in [2.24, 2.45) is 0 Å². The van der Waals surface area contributed by atoms with Crippen molar-refractivity contribution in [2.75, 3.05) is 0 Å². The quantitative estimate of drug-likeness (QED) is 0.791. The van der Waals surface area contributed by atoms with E-state index in [0.717, 1.165) is 24.1 Å². The summed E-state index contributed by atoms with van der Waals surface area (Å²) >= 11 is 1.25. The van der Waals surface area contributed by atoms with Gasteiger partial charge in [-0.05, 0) is 60.5 Å². The molecule has 1 unspecified atom stereocenters. The molecule has 2 heterocycles. The second-order valence-corrected chi connectivity index (χ2v) is 6.68. The zero-order chi connectivity index (χ0) is 16.5. The summed E-state index contributed by atoms with van der Waals surface area (Å²) in [5, 5.41) is 10.8. The molecule has 1 aliphatic rings. The summed E-state index contributed by atoms with van der Waals surface area (Å²) in [4.78, 5) is 13.2. The highest BCUT2D eigenvalue weighted by molar-refractivity contribution is 7.09. The fourth-order valence-electron chi connectivity index (χ4n) is 3.14. The van der Waals surface area contributed by atoms with Crippen LogP contribution < -0.4 is 5.32 Å². The van der Waals surface area contributed by atoms with Gasteiger partial charge >= 0.3 is 11.8 Å². The molecular formula is C17H16N4O2S. The predicted octanol–water partition coefficient (Wildman–Crippen LogP) is 3.31. The molecule has 0 spiro atoms. The smallest absolute Gasteiger partial charge is 0.309 e. The van der Waals surface area contributed by atoms with Gasteiger partial charge in [0.1, 0.15) is 4.88 Å². The fourth-order valence-corrected chi connectivity index (χ4v) is 3.66. The van der Waals surface area contributed by atoms with E-state index in [9.17, 15) is 4.79 Å². The van der Waals surface area contributed by atoms with Crippen LogP contribution in [0.4, 0.5) is 0 Å². The fraction of sp³-hybridized carbons (Fsp3) is 0.294. The third-order valence-corrected chi connectivity index (χ3v) is 5.05. The first-order valence-corrected chi connectivity index (χ1v) is 8.63. The second kappa shape index (κ2) is 6.16. The number of aromatic nitrogens is 3. The molecule has 0 saturated heterocycles. The molecule has 6 nitrogen and oxygen atoms in total. The Kier molecular flexibility index (Phi) is 3.86. The lowest BCUT2D eigenvalue weighted by Crippen LogP contribution is -2.31. The lowest BCUT2D eigenvalue weighted by molar-refractivity contribution is 0.0898. The van der Waals surface area contributed by atoms with Crippen LogP contribution in [-0.4, -0.2) is 20.5 Å².